The van der Waals surface area contributed by atoms with E-state index in [0.29, 0.717) is 37.0 Å². The number of anilines is 1. The highest BCUT2D eigenvalue weighted by Crippen LogP contribution is 2.28. The van der Waals surface area contributed by atoms with Gasteiger partial charge in [-0.05, 0) is 32.1 Å². The van der Waals surface area contributed by atoms with Crippen LogP contribution in [-0.2, 0) is 9.59 Å². The summed E-state index contributed by atoms with van der Waals surface area (Å²) in [5.41, 5.74) is 1.59. The van der Waals surface area contributed by atoms with Crippen molar-refractivity contribution in [3.8, 4) is 0 Å². The van der Waals surface area contributed by atoms with E-state index in [0.717, 1.165) is 24.3 Å². The summed E-state index contributed by atoms with van der Waals surface area (Å²) in [4.78, 5) is 40.5. The lowest BCUT2D eigenvalue weighted by molar-refractivity contribution is -0.129. The lowest BCUT2D eigenvalue weighted by Crippen LogP contribution is -2.51. The zero-order valence-electron chi connectivity index (χ0n) is 16.6. The Labute approximate surface area is 173 Å². The van der Waals surface area contributed by atoms with Crippen LogP contribution in [0.25, 0.3) is 0 Å². The molecule has 10 nitrogen and oxygen atoms in total. The van der Waals surface area contributed by atoms with Crippen molar-refractivity contribution >= 4 is 34.3 Å². The summed E-state index contributed by atoms with van der Waals surface area (Å²) in [5, 5.41) is 20.5. The van der Waals surface area contributed by atoms with Crippen LogP contribution in [-0.4, -0.2) is 68.7 Å². The van der Waals surface area contributed by atoms with Gasteiger partial charge in [-0.3, -0.25) is 20.1 Å². The minimum Gasteiger partial charge on any atom is -0.315 e. The average molecular weight is 425 g/mol. The molecule has 0 bridgehead atoms. The lowest BCUT2D eigenvalue weighted by atomic mass is 10.0. The highest BCUT2D eigenvalue weighted by Gasteiger charge is 2.37. The average Bonchev–Trinajstić information content (AvgIpc) is 3.46. The van der Waals surface area contributed by atoms with Crippen LogP contribution in [0.2, 0.25) is 0 Å². The first-order chi connectivity index (χ1) is 14.0. The Morgan fingerprint density at radius 2 is 1.97 bits per heavy atom. The molecule has 11 heteroatoms. The molecule has 1 aromatic heterocycles. The van der Waals surface area contributed by atoms with Crippen LogP contribution in [0.5, 0.6) is 0 Å². The molecule has 0 unspecified atom stereocenters. The minimum absolute atomic E-state index is 0.234. The molecular weight excluding hydrogens is 396 g/mol. The van der Waals surface area contributed by atoms with Gasteiger partial charge >= 0.3 is 6.03 Å². The number of likely N-dealkylation sites (tertiary alicyclic amines) is 1. The van der Waals surface area contributed by atoms with Crippen LogP contribution in [0, 0.1) is 12.8 Å². The van der Waals surface area contributed by atoms with Crippen LogP contribution in [0.3, 0.4) is 0 Å². The summed E-state index contributed by atoms with van der Waals surface area (Å²) in [6.45, 7) is 2.44. The third-order valence-electron chi connectivity index (χ3n) is 5.57. The highest BCUT2D eigenvalue weighted by atomic mass is 32.1. The second kappa shape index (κ2) is 9.97. The first-order valence-corrected chi connectivity index (χ1v) is 10.9. The van der Waals surface area contributed by atoms with Crippen molar-refractivity contribution in [1.82, 2.24) is 25.5 Å². The summed E-state index contributed by atoms with van der Waals surface area (Å²) in [6.07, 6.45) is 6.78. The Morgan fingerprint density at radius 1 is 1.21 bits per heavy atom. The maximum Gasteiger partial charge on any atom is 0.321 e. The zero-order valence-corrected chi connectivity index (χ0v) is 17.4. The van der Waals surface area contributed by atoms with E-state index in [1.165, 1.54) is 34.0 Å². The molecule has 2 fully saturated rings. The molecule has 1 atom stereocenters. The molecule has 1 saturated heterocycles. The van der Waals surface area contributed by atoms with Crippen LogP contribution >= 0.6 is 11.3 Å². The van der Waals surface area contributed by atoms with Crippen LogP contribution in [0.4, 0.5) is 9.93 Å². The molecule has 160 valence electrons. The quantitative estimate of drug-likeness (QED) is 0.452. The second-order valence-electron chi connectivity index (χ2n) is 7.65. The molecule has 2 heterocycles. The fourth-order valence-electron chi connectivity index (χ4n) is 4.07. The second-order valence-corrected chi connectivity index (χ2v) is 8.83. The SMILES string of the molecule is Cc1nnc(NC(=O)[C@@H]2CCCN2C(=O)N(CCC2CCCC2)CC(=O)NO)s1. The number of hydroxylamine groups is 1. The smallest absolute Gasteiger partial charge is 0.315 e. The number of rotatable bonds is 7. The van der Waals surface area contributed by atoms with E-state index in [4.69, 9.17) is 5.21 Å². The lowest BCUT2D eigenvalue weighted by Gasteiger charge is -2.31. The first kappa shape index (κ1) is 21.4. The van der Waals surface area contributed by atoms with Crippen LogP contribution < -0.4 is 10.8 Å². The third-order valence-corrected chi connectivity index (χ3v) is 6.32. The standard InChI is InChI=1S/C18H28N6O4S/c1-12-20-21-17(29-12)19-16(26)14-7-4-9-24(14)18(27)23(11-15(25)22-28)10-8-13-5-2-3-6-13/h13-14,28H,2-11H2,1H3,(H,22,25)(H,19,21,26)/t14-/m0/s1. The molecular formula is C18H28N6O4S. The van der Waals surface area contributed by atoms with Gasteiger partial charge in [-0.15, -0.1) is 10.2 Å². The summed E-state index contributed by atoms with van der Waals surface area (Å²) in [6, 6.07) is -0.962. The molecule has 0 aromatic carbocycles. The van der Waals surface area contributed by atoms with E-state index >= 15 is 0 Å². The van der Waals surface area contributed by atoms with Gasteiger partial charge in [-0.25, -0.2) is 10.3 Å². The van der Waals surface area contributed by atoms with E-state index in [2.05, 4.69) is 15.5 Å². The van der Waals surface area contributed by atoms with E-state index in [1.807, 2.05) is 0 Å². The number of urea groups is 1. The highest BCUT2D eigenvalue weighted by molar-refractivity contribution is 7.15. The molecule has 29 heavy (non-hydrogen) atoms. The van der Waals surface area contributed by atoms with Crippen molar-refractivity contribution in [2.24, 2.45) is 5.92 Å². The largest absolute Gasteiger partial charge is 0.321 e. The number of nitrogens with one attached hydrogen (secondary N) is 2. The number of carbonyl (C=O) groups excluding carboxylic acids is 3. The molecule has 1 saturated carbocycles. The molecule has 1 aromatic rings. The fraction of sp³-hybridized carbons (Fsp3) is 0.722. The number of aromatic nitrogens is 2. The first-order valence-electron chi connectivity index (χ1n) is 10.1. The molecule has 0 radical (unpaired) electrons. The Hall–Kier alpha value is -2.27. The van der Waals surface area contributed by atoms with Crippen molar-refractivity contribution in [2.75, 3.05) is 25.0 Å². The molecule has 1 aliphatic heterocycles. The molecule has 2 aliphatic rings. The number of aryl methyl sites for hydroxylation is 1. The maximum atomic E-state index is 13.2. The van der Waals surface area contributed by atoms with Gasteiger partial charge in [0.1, 0.15) is 17.6 Å². The molecule has 1 aliphatic carbocycles. The number of amides is 4. The van der Waals surface area contributed by atoms with Gasteiger partial charge in [0, 0.05) is 13.1 Å². The predicted molar refractivity (Wildman–Crippen MR) is 106 cm³/mol. The van der Waals surface area contributed by atoms with Crippen molar-refractivity contribution in [3.63, 3.8) is 0 Å². The molecule has 4 amide bonds. The summed E-state index contributed by atoms with van der Waals surface area (Å²) in [5.74, 6) is -0.385. The summed E-state index contributed by atoms with van der Waals surface area (Å²) < 4.78 is 0. The molecule has 0 spiro atoms. The van der Waals surface area contributed by atoms with E-state index < -0.39 is 11.9 Å². The van der Waals surface area contributed by atoms with Crippen molar-refractivity contribution in [3.05, 3.63) is 5.01 Å². The van der Waals surface area contributed by atoms with E-state index in [1.54, 1.807) is 12.4 Å². The van der Waals surface area contributed by atoms with Crippen LogP contribution in [0.1, 0.15) is 50.0 Å². The normalized spacial score (nSPS) is 19.4. The number of hydrogen-bond donors (Lipinski definition) is 3. The van der Waals surface area contributed by atoms with Gasteiger partial charge in [-0.1, -0.05) is 37.0 Å². The molecule has 3 N–H and O–H groups in total. The zero-order chi connectivity index (χ0) is 20.8. The predicted octanol–water partition coefficient (Wildman–Crippen LogP) is 1.76. The van der Waals surface area contributed by atoms with Crippen molar-refractivity contribution in [1.29, 1.82) is 0 Å². The van der Waals surface area contributed by atoms with Crippen LogP contribution in [0.15, 0.2) is 0 Å². The maximum absolute atomic E-state index is 13.2. The van der Waals surface area contributed by atoms with E-state index in [-0.39, 0.29) is 18.5 Å². The molecule has 3 rings (SSSR count). The fourth-order valence-corrected chi connectivity index (χ4v) is 4.67. The number of nitrogens with zero attached hydrogens (tertiary/aromatic N) is 4. The Kier molecular flexibility index (Phi) is 7.37. The van der Waals surface area contributed by atoms with Gasteiger partial charge in [0.05, 0.1) is 0 Å². The number of hydrogen-bond acceptors (Lipinski definition) is 7. The van der Waals surface area contributed by atoms with E-state index in [9.17, 15) is 14.4 Å². The Balaban J connectivity index is 1.64. The summed E-state index contributed by atoms with van der Waals surface area (Å²) >= 11 is 1.28. The number of carbonyl (C=O) groups is 3. The Bertz CT molecular complexity index is 736. The van der Waals surface area contributed by atoms with Crippen molar-refractivity contribution in [2.45, 2.75) is 57.9 Å². The summed E-state index contributed by atoms with van der Waals surface area (Å²) in [7, 11) is 0. The van der Waals surface area contributed by atoms with Gasteiger partial charge in [-0.2, -0.15) is 0 Å². The minimum atomic E-state index is -0.644. The van der Waals surface area contributed by atoms with Gasteiger partial charge < -0.3 is 9.80 Å². The Morgan fingerprint density at radius 3 is 2.62 bits per heavy atom. The topological polar surface area (TPSA) is 128 Å². The van der Waals surface area contributed by atoms with Crippen molar-refractivity contribution < 1.29 is 19.6 Å². The van der Waals surface area contributed by atoms with Gasteiger partial charge in [0.15, 0.2) is 0 Å². The monoisotopic (exact) mass is 424 g/mol. The third kappa shape index (κ3) is 5.63. The van der Waals surface area contributed by atoms with Gasteiger partial charge in [0.25, 0.3) is 5.91 Å². The van der Waals surface area contributed by atoms with Gasteiger partial charge in [0.2, 0.25) is 11.0 Å².